The highest BCUT2D eigenvalue weighted by molar-refractivity contribution is 7.52. The fraction of sp³-hybridized carbons (Fsp3) is 0.818. The maximum Gasteiger partial charge on any atom is 0.441 e. The average molecular weight is 557 g/mol. The molecule has 210 valence electrons. The number of hydrogen-bond donors (Lipinski definition) is 0. The van der Waals surface area contributed by atoms with Crippen LogP contribution in [0.3, 0.4) is 0 Å². The van der Waals surface area contributed by atoms with Gasteiger partial charge in [-0.1, -0.05) is 11.8 Å². The van der Waals surface area contributed by atoms with Gasteiger partial charge in [-0.15, -0.1) is 0 Å². The first-order valence-electron chi connectivity index (χ1n) is 11.7. The molecule has 0 aromatic carbocycles. The first kappa shape index (κ1) is 34.4. The molecule has 12 nitrogen and oxygen atoms in total. The molecular formula is C22H42N2O10P2. The standard InChI is InChI=1S/C22H42N2O10P2/c1-11-29-35(27,30-12-2)23(19(25)33-21(5,6)7)17-15-16-18-24(20(26)34-22(8,9)10)36(28,31-13-3)32-14-4/h11-14,17-18H2,1-10H3. The third kappa shape index (κ3) is 12.1. The third-order valence-corrected chi connectivity index (χ3v) is 7.68. The van der Waals surface area contributed by atoms with Gasteiger partial charge in [0, 0.05) is 0 Å². The Morgan fingerprint density at radius 1 is 0.611 bits per heavy atom. The van der Waals surface area contributed by atoms with Gasteiger partial charge in [-0.3, -0.25) is 18.1 Å². The Bertz CT molecular complexity index is 783. The molecule has 2 amide bonds. The Morgan fingerprint density at radius 3 is 1.06 bits per heavy atom. The highest BCUT2D eigenvalue weighted by Crippen LogP contribution is 2.53. The van der Waals surface area contributed by atoms with Crippen molar-refractivity contribution in [3.8, 4) is 11.8 Å². The molecule has 0 N–H and O–H groups in total. The molecule has 0 fully saturated rings. The summed E-state index contributed by atoms with van der Waals surface area (Å²) in [6, 6.07) is 0. The van der Waals surface area contributed by atoms with E-state index in [4.69, 9.17) is 27.6 Å². The predicted octanol–water partition coefficient (Wildman–Crippen LogP) is 5.83. The number of carbonyl (C=O) groups is 2. The van der Waals surface area contributed by atoms with Gasteiger partial charge in [-0.25, -0.2) is 28.1 Å². The minimum absolute atomic E-state index is 0.00230. The van der Waals surface area contributed by atoms with E-state index in [2.05, 4.69) is 11.8 Å². The van der Waals surface area contributed by atoms with Crippen molar-refractivity contribution in [3.63, 3.8) is 0 Å². The van der Waals surface area contributed by atoms with Crippen LogP contribution in [0.2, 0.25) is 0 Å². The smallest absolute Gasteiger partial charge is 0.441 e. The number of rotatable bonds is 12. The van der Waals surface area contributed by atoms with Crippen molar-refractivity contribution in [2.75, 3.05) is 39.5 Å². The molecule has 0 unspecified atom stereocenters. The molecule has 0 aliphatic carbocycles. The molecule has 36 heavy (non-hydrogen) atoms. The van der Waals surface area contributed by atoms with Gasteiger partial charge in [-0.2, -0.15) is 0 Å². The van der Waals surface area contributed by atoms with Gasteiger partial charge in [0.2, 0.25) is 0 Å². The zero-order valence-corrected chi connectivity index (χ0v) is 24.9. The quantitative estimate of drug-likeness (QED) is 0.214. The van der Waals surface area contributed by atoms with Crippen LogP contribution < -0.4 is 0 Å². The Hall–Kier alpha value is -1.60. The molecule has 14 heteroatoms. The lowest BCUT2D eigenvalue weighted by Gasteiger charge is -2.31. The van der Waals surface area contributed by atoms with Crippen LogP contribution in [0.25, 0.3) is 0 Å². The van der Waals surface area contributed by atoms with Gasteiger partial charge in [0.25, 0.3) is 0 Å². The molecular weight excluding hydrogens is 514 g/mol. The minimum atomic E-state index is -4.09. The van der Waals surface area contributed by atoms with Crippen LogP contribution in [0, 0.1) is 11.8 Å². The molecule has 0 radical (unpaired) electrons. The second-order valence-electron chi connectivity index (χ2n) is 9.04. The molecule has 0 heterocycles. The van der Waals surface area contributed by atoms with Crippen molar-refractivity contribution < 1.29 is 46.3 Å². The topological polar surface area (TPSA) is 130 Å². The highest BCUT2D eigenvalue weighted by atomic mass is 31.2. The Labute approximate surface area is 215 Å². The zero-order chi connectivity index (χ0) is 28.2. The SMILES string of the molecule is CCOP(=O)(OCC)N(CC#CCN(C(=O)OC(C)(C)C)P(=O)(OCC)OCC)C(=O)OC(C)(C)C. The summed E-state index contributed by atoms with van der Waals surface area (Å²) in [5, 5.41) is 0. The van der Waals surface area contributed by atoms with E-state index in [0.29, 0.717) is 0 Å². The molecule has 0 saturated heterocycles. The highest BCUT2D eigenvalue weighted by Gasteiger charge is 2.41. The molecule has 0 aromatic rings. The Balaban J connectivity index is 6.14. The van der Waals surface area contributed by atoms with Crippen molar-refractivity contribution in [1.82, 2.24) is 9.34 Å². The third-order valence-electron chi connectivity index (χ3n) is 3.55. The molecule has 0 atom stereocenters. The number of carbonyl (C=O) groups excluding carboxylic acids is 2. The molecule has 0 saturated carbocycles. The van der Waals surface area contributed by atoms with E-state index < -0.39 is 52.0 Å². The first-order chi connectivity index (χ1) is 16.5. The number of amides is 2. The van der Waals surface area contributed by atoms with Crippen molar-refractivity contribution >= 4 is 27.7 Å². The minimum Gasteiger partial charge on any atom is -0.443 e. The summed E-state index contributed by atoms with van der Waals surface area (Å²) in [6.45, 7) is 15.5. The maximum absolute atomic E-state index is 13.3. The van der Waals surface area contributed by atoms with Crippen LogP contribution in [0.1, 0.15) is 69.2 Å². The van der Waals surface area contributed by atoms with Gasteiger partial charge in [0.05, 0.1) is 39.5 Å². The van der Waals surface area contributed by atoms with Crippen LogP contribution in [-0.4, -0.2) is 72.2 Å². The zero-order valence-electron chi connectivity index (χ0n) is 23.1. The molecule has 0 aromatic heterocycles. The van der Waals surface area contributed by atoms with E-state index in [0.717, 1.165) is 9.34 Å². The molecule has 0 spiro atoms. The fourth-order valence-corrected chi connectivity index (χ4v) is 5.38. The summed E-state index contributed by atoms with van der Waals surface area (Å²) >= 11 is 0. The lowest BCUT2D eigenvalue weighted by atomic mass is 10.2. The first-order valence-corrected chi connectivity index (χ1v) is 14.7. The number of ether oxygens (including phenoxy) is 2. The molecule has 0 bridgehead atoms. The lowest BCUT2D eigenvalue weighted by Crippen LogP contribution is -2.37. The molecule has 0 aliphatic rings. The second kappa shape index (κ2) is 15.0. The van der Waals surface area contributed by atoms with Crippen LogP contribution >= 0.6 is 15.5 Å². The summed E-state index contributed by atoms with van der Waals surface area (Å²) in [4.78, 5) is 25.6. The van der Waals surface area contributed by atoms with Crippen molar-refractivity contribution in [1.29, 1.82) is 0 Å². The summed E-state index contributed by atoms with van der Waals surface area (Å²) < 4.78 is 60.0. The monoisotopic (exact) mass is 556 g/mol. The molecule has 0 rings (SSSR count). The van der Waals surface area contributed by atoms with Crippen LogP contribution in [0.15, 0.2) is 0 Å². The van der Waals surface area contributed by atoms with Crippen molar-refractivity contribution in [3.05, 3.63) is 0 Å². The Kier molecular flexibility index (Phi) is 14.3. The van der Waals surface area contributed by atoms with E-state index in [1.165, 1.54) is 0 Å². The van der Waals surface area contributed by atoms with Gasteiger partial charge in [-0.05, 0) is 69.2 Å². The van der Waals surface area contributed by atoms with E-state index in [1.54, 1.807) is 69.2 Å². The molecule has 0 aliphatic heterocycles. The lowest BCUT2D eigenvalue weighted by molar-refractivity contribution is 0.0319. The predicted molar refractivity (Wildman–Crippen MR) is 135 cm³/mol. The van der Waals surface area contributed by atoms with Crippen LogP contribution in [0.5, 0.6) is 0 Å². The van der Waals surface area contributed by atoms with E-state index in [9.17, 15) is 18.7 Å². The van der Waals surface area contributed by atoms with Gasteiger partial charge in [0.15, 0.2) is 0 Å². The maximum atomic E-state index is 13.3. The summed E-state index contributed by atoms with van der Waals surface area (Å²) in [5.74, 6) is 5.28. The van der Waals surface area contributed by atoms with E-state index in [-0.39, 0.29) is 26.4 Å². The summed E-state index contributed by atoms with van der Waals surface area (Å²) in [5.41, 5.74) is -1.78. The number of nitrogens with zero attached hydrogens (tertiary/aromatic N) is 2. The normalized spacial score (nSPS) is 12.4. The van der Waals surface area contributed by atoms with E-state index in [1.807, 2.05) is 0 Å². The van der Waals surface area contributed by atoms with Gasteiger partial charge in [0.1, 0.15) is 11.2 Å². The van der Waals surface area contributed by atoms with Gasteiger partial charge >= 0.3 is 27.7 Å². The van der Waals surface area contributed by atoms with Crippen LogP contribution in [0.4, 0.5) is 9.59 Å². The summed E-state index contributed by atoms with van der Waals surface area (Å²) in [7, 11) is -8.18. The van der Waals surface area contributed by atoms with Crippen LogP contribution in [-0.2, 0) is 36.7 Å². The van der Waals surface area contributed by atoms with Gasteiger partial charge < -0.3 is 9.47 Å². The fourth-order valence-electron chi connectivity index (χ4n) is 2.40. The Morgan fingerprint density at radius 2 is 0.861 bits per heavy atom. The average Bonchev–Trinajstić information content (AvgIpc) is 2.68. The number of hydrogen-bond acceptors (Lipinski definition) is 10. The second-order valence-corrected chi connectivity index (χ2v) is 12.9. The summed E-state index contributed by atoms with van der Waals surface area (Å²) in [6.07, 6.45) is -1.92. The largest absolute Gasteiger partial charge is 0.443 e. The van der Waals surface area contributed by atoms with Crippen molar-refractivity contribution in [2.24, 2.45) is 0 Å². The van der Waals surface area contributed by atoms with E-state index >= 15 is 0 Å². The van der Waals surface area contributed by atoms with Crippen molar-refractivity contribution in [2.45, 2.75) is 80.4 Å².